The van der Waals surface area contributed by atoms with Crippen LogP contribution in [0.2, 0.25) is 0 Å². The van der Waals surface area contributed by atoms with Gasteiger partial charge in [-0.25, -0.2) is 5.43 Å². The Balaban J connectivity index is 1.98. The van der Waals surface area contributed by atoms with Crippen molar-refractivity contribution in [2.45, 2.75) is 6.92 Å². The van der Waals surface area contributed by atoms with Gasteiger partial charge in [-0.05, 0) is 47.1 Å². The summed E-state index contributed by atoms with van der Waals surface area (Å²) >= 11 is 3.27. The molecule has 0 aromatic heterocycles. The van der Waals surface area contributed by atoms with Gasteiger partial charge in [-0.1, -0.05) is 12.1 Å². The van der Waals surface area contributed by atoms with Gasteiger partial charge in [0, 0.05) is 16.1 Å². The van der Waals surface area contributed by atoms with Crippen LogP contribution in [0.4, 0.5) is 5.69 Å². The predicted octanol–water partition coefficient (Wildman–Crippen LogP) is 2.64. The van der Waals surface area contributed by atoms with E-state index in [2.05, 4.69) is 31.8 Å². The smallest absolute Gasteiger partial charge is 0.311 e. The van der Waals surface area contributed by atoms with Crippen LogP contribution in [0.15, 0.2) is 52.0 Å². The first-order valence-corrected chi connectivity index (χ1v) is 8.81. The summed E-state index contributed by atoms with van der Waals surface area (Å²) in [6.45, 7) is 1.31. The minimum atomic E-state index is -0.564. The van der Waals surface area contributed by atoms with E-state index in [1.165, 1.54) is 19.2 Å². The molecule has 0 heterocycles. The van der Waals surface area contributed by atoms with E-state index in [1.54, 1.807) is 37.3 Å². The van der Waals surface area contributed by atoms with Gasteiger partial charge >= 0.3 is 5.69 Å². The third-order valence-electron chi connectivity index (χ3n) is 3.67. The number of rotatable bonds is 7. The average molecular weight is 449 g/mol. The number of carbonyl (C=O) groups excluding carboxylic acids is 2. The summed E-state index contributed by atoms with van der Waals surface area (Å²) < 4.78 is 5.56. The third kappa shape index (κ3) is 5.36. The maximum Gasteiger partial charge on any atom is 0.311 e. The number of ether oxygens (including phenoxy) is 1. The number of amides is 2. The zero-order valence-electron chi connectivity index (χ0n) is 15.1. The van der Waals surface area contributed by atoms with Crippen LogP contribution in [-0.4, -0.2) is 36.1 Å². The Labute approximate surface area is 169 Å². The zero-order chi connectivity index (χ0) is 20.7. The van der Waals surface area contributed by atoms with Crippen molar-refractivity contribution in [2.75, 3.05) is 13.7 Å². The topological polar surface area (TPSA) is 123 Å². The van der Waals surface area contributed by atoms with Crippen molar-refractivity contribution in [1.82, 2.24) is 10.7 Å². The Kier molecular flexibility index (Phi) is 7.21. The molecule has 0 bridgehead atoms. The number of hydrazone groups is 1. The molecule has 2 N–H and O–H groups in total. The molecule has 28 heavy (non-hydrogen) atoms. The summed E-state index contributed by atoms with van der Waals surface area (Å²) in [6, 6.07) is 11.2. The highest BCUT2D eigenvalue weighted by Crippen LogP contribution is 2.27. The maximum absolute atomic E-state index is 12.1. The molecule has 9 nitrogen and oxygen atoms in total. The molecular formula is C18H17BrN4O5. The minimum absolute atomic E-state index is 0.125. The van der Waals surface area contributed by atoms with E-state index in [4.69, 9.17) is 4.74 Å². The van der Waals surface area contributed by atoms with Crippen molar-refractivity contribution in [3.63, 3.8) is 0 Å². The second-order valence-corrected chi connectivity index (χ2v) is 6.39. The first-order valence-electron chi connectivity index (χ1n) is 8.02. The zero-order valence-corrected chi connectivity index (χ0v) is 16.6. The molecule has 2 aromatic rings. The summed E-state index contributed by atoms with van der Waals surface area (Å²) in [7, 11) is 1.34. The molecule has 2 amide bonds. The van der Waals surface area contributed by atoms with Crippen LogP contribution in [0.25, 0.3) is 0 Å². The van der Waals surface area contributed by atoms with Crippen molar-refractivity contribution >= 4 is 39.1 Å². The fourth-order valence-electron chi connectivity index (χ4n) is 2.21. The van der Waals surface area contributed by atoms with Gasteiger partial charge in [0.2, 0.25) is 0 Å². The molecule has 0 atom stereocenters. The number of nitro groups is 1. The summed E-state index contributed by atoms with van der Waals surface area (Å²) in [5.74, 6) is -0.822. The average Bonchev–Trinajstić information content (AvgIpc) is 2.69. The number of nitrogens with one attached hydrogen (secondary N) is 2. The van der Waals surface area contributed by atoms with E-state index in [0.29, 0.717) is 21.3 Å². The van der Waals surface area contributed by atoms with E-state index in [-0.39, 0.29) is 18.0 Å². The quantitative estimate of drug-likeness (QED) is 0.382. The van der Waals surface area contributed by atoms with Crippen molar-refractivity contribution < 1.29 is 19.2 Å². The number of hydrogen-bond donors (Lipinski definition) is 2. The van der Waals surface area contributed by atoms with Gasteiger partial charge in [0.25, 0.3) is 11.8 Å². The molecule has 0 aliphatic rings. The molecule has 0 saturated heterocycles. The highest BCUT2D eigenvalue weighted by Gasteiger charge is 2.16. The number of hydrogen-bond acceptors (Lipinski definition) is 6. The van der Waals surface area contributed by atoms with Crippen molar-refractivity contribution in [1.29, 1.82) is 0 Å². The molecule has 0 fully saturated rings. The van der Waals surface area contributed by atoms with Gasteiger partial charge in [-0.3, -0.25) is 19.7 Å². The van der Waals surface area contributed by atoms with Gasteiger partial charge < -0.3 is 10.1 Å². The molecule has 10 heteroatoms. The Morgan fingerprint density at radius 1 is 1.25 bits per heavy atom. The van der Waals surface area contributed by atoms with E-state index in [1.807, 2.05) is 0 Å². The molecular weight excluding hydrogens is 432 g/mol. The summed E-state index contributed by atoms with van der Waals surface area (Å²) in [5, 5.41) is 17.5. The van der Waals surface area contributed by atoms with Crippen LogP contribution < -0.4 is 15.5 Å². The molecule has 146 valence electrons. The number of nitro benzene ring substituents is 1. The molecule has 2 aromatic carbocycles. The third-order valence-corrected chi connectivity index (χ3v) is 4.36. The molecule has 2 rings (SSSR count). The predicted molar refractivity (Wildman–Crippen MR) is 106 cm³/mol. The lowest BCUT2D eigenvalue weighted by Gasteiger charge is -2.07. The van der Waals surface area contributed by atoms with Crippen LogP contribution in [0.3, 0.4) is 0 Å². The second kappa shape index (κ2) is 9.60. The van der Waals surface area contributed by atoms with Gasteiger partial charge in [0.1, 0.15) is 0 Å². The molecule has 0 aliphatic heterocycles. The number of halogens is 1. The molecule has 0 unspecified atom stereocenters. The van der Waals surface area contributed by atoms with Gasteiger partial charge in [0.05, 0.1) is 29.9 Å². The second-order valence-electron chi connectivity index (χ2n) is 5.54. The fourth-order valence-corrected chi connectivity index (χ4v) is 2.67. The van der Waals surface area contributed by atoms with Gasteiger partial charge in [0.15, 0.2) is 5.75 Å². The van der Waals surface area contributed by atoms with E-state index >= 15 is 0 Å². The first kappa shape index (κ1) is 21.0. The lowest BCUT2D eigenvalue weighted by molar-refractivity contribution is -0.385. The molecule has 0 saturated carbocycles. The van der Waals surface area contributed by atoms with Crippen LogP contribution in [0, 0.1) is 10.1 Å². The van der Waals surface area contributed by atoms with Crippen LogP contribution >= 0.6 is 15.9 Å². The lowest BCUT2D eigenvalue weighted by Crippen LogP contribution is -2.35. The van der Waals surface area contributed by atoms with Crippen molar-refractivity contribution in [2.24, 2.45) is 5.10 Å². The van der Waals surface area contributed by atoms with E-state index in [9.17, 15) is 19.7 Å². The van der Waals surface area contributed by atoms with Crippen molar-refractivity contribution in [3.8, 4) is 5.75 Å². The standard InChI is InChI=1S/C18H17BrN4O5/c1-11(12-7-8-16(28-2)15(9-12)23(26)27)21-22-17(24)10-20-18(25)13-5-3-4-6-14(13)19/h3-9H,10H2,1-2H3,(H,20,25)(H,22,24)/b21-11+. The monoisotopic (exact) mass is 448 g/mol. The molecule has 0 spiro atoms. The van der Waals surface area contributed by atoms with E-state index in [0.717, 1.165) is 0 Å². The summed E-state index contributed by atoms with van der Waals surface area (Å²) in [5.41, 5.74) is 3.30. The van der Waals surface area contributed by atoms with Gasteiger partial charge in [-0.15, -0.1) is 0 Å². The number of benzene rings is 2. The summed E-state index contributed by atoms with van der Waals surface area (Å²) in [4.78, 5) is 34.5. The fraction of sp³-hybridized carbons (Fsp3) is 0.167. The molecule has 0 aliphatic carbocycles. The van der Waals surface area contributed by atoms with Crippen LogP contribution in [0.1, 0.15) is 22.8 Å². The van der Waals surface area contributed by atoms with Crippen LogP contribution in [-0.2, 0) is 4.79 Å². The Morgan fingerprint density at radius 2 is 1.96 bits per heavy atom. The Morgan fingerprint density at radius 3 is 2.61 bits per heavy atom. The number of carbonyl (C=O) groups is 2. The number of methoxy groups -OCH3 is 1. The van der Waals surface area contributed by atoms with Gasteiger partial charge in [-0.2, -0.15) is 5.10 Å². The molecule has 0 radical (unpaired) electrons. The van der Waals surface area contributed by atoms with Crippen molar-refractivity contribution in [3.05, 3.63) is 68.2 Å². The number of nitrogens with zero attached hydrogens (tertiary/aromatic N) is 2. The van der Waals surface area contributed by atoms with Crippen LogP contribution in [0.5, 0.6) is 5.75 Å². The highest BCUT2D eigenvalue weighted by molar-refractivity contribution is 9.10. The SMILES string of the molecule is COc1ccc(/C(C)=N/NC(=O)CNC(=O)c2ccccc2Br)cc1[N+](=O)[O-]. The Hall–Kier alpha value is -3.27. The first-order chi connectivity index (χ1) is 13.3. The minimum Gasteiger partial charge on any atom is -0.490 e. The normalized spacial score (nSPS) is 10.9. The highest BCUT2D eigenvalue weighted by atomic mass is 79.9. The lowest BCUT2D eigenvalue weighted by atomic mass is 10.1. The Bertz CT molecular complexity index is 945. The largest absolute Gasteiger partial charge is 0.490 e. The van der Waals surface area contributed by atoms with E-state index < -0.39 is 16.7 Å². The maximum atomic E-state index is 12.1. The summed E-state index contributed by atoms with van der Waals surface area (Å²) in [6.07, 6.45) is 0.